The van der Waals surface area contributed by atoms with E-state index in [1.807, 2.05) is 37.3 Å². The van der Waals surface area contributed by atoms with Gasteiger partial charge in [-0.15, -0.1) is 10.2 Å². The minimum Gasteiger partial charge on any atom is -0.419 e. The third-order valence-corrected chi connectivity index (χ3v) is 7.73. The monoisotopic (exact) mass is 496 g/mol. The number of Topliss-reactive ketones (excluding diaryl/α,β-unsaturated/α-hetero) is 1. The Morgan fingerprint density at radius 2 is 1.83 bits per heavy atom. The summed E-state index contributed by atoms with van der Waals surface area (Å²) in [5.41, 5.74) is 7.85. The highest BCUT2D eigenvalue weighted by Gasteiger charge is 2.29. The smallest absolute Gasteiger partial charge is 0.247 e. The first-order chi connectivity index (χ1) is 16.7. The third-order valence-electron chi connectivity index (χ3n) is 6.42. The van der Waals surface area contributed by atoms with Crippen LogP contribution in [0.4, 0.5) is 5.69 Å². The normalized spacial score (nSPS) is 16.5. The van der Waals surface area contributed by atoms with Gasteiger partial charge >= 0.3 is 0 Å². The van der Waals surface area contributed by atoms with Gasteiger partial charge in [-0.1, -0.05) is 49.6 Å². The van der Waals surface area contributed by atoms with Crippen molar-refractivity contribution in [3.8, 4) is 11.5 Å². The average Bonchev–Trinajstić information content (AvgIpc) is 3.36. The number of nitrogens with two attached hydrogens (primary N) is 1. The topological polar surface area (TPSA) is 128 Å². The van der Waals surface area contributed by atoms with Crippen molar-refractivity contribution in [2.24, 2.45) is 11.7 Å². The fourth-order valence-electron chi connectivity index (χ4n) is 4.47. The van der Waals surface area contributed by atoms with Crippen LogP contribution in [0.25, 0.3) is 11.5 Å². The van der Waals surface area contributed by atoms with E-state index in [0.29, 0.717) is 23.2 Å². The minimum atomic E-state index is -3.54. The number of nitrogens with one attached hydrogen (secondary N) is 1. The lowest BCUT2D eigenvalue weighted by Gasteiger charge is -2.21. The molecule has 2 aromatic carbocycles. The van der Waals surface area contributed by atoms with Crippen LogP contribution in [-0.4, -0.2) is 30.2 Å². The molecule has 1 heterocycles. The Hall–Kier alpha value is -3.04. The number of carbonyl (C=O) groups excluding carboxylic acids is 1. The molecule has 1 atom stereocenters. The number of rotatable bonds is 9. The molecule has 1 aliphatic carbocycles. The molecular weight excluding hydrogens is 464 g/mol. The van der Waals surface area contributed by atoms with Crippen LogP contribution in [0.2, 0.25) is 0 Å². The zero-order valence-electron chi connectivity index (χ0n) is 20.2. The lowest BCUT2D eigenvalue weighted by atomic mass is 9.83. The highest BCUT2D eigenvalue weighted by Crippen LogP contribution is 2.32. The summed E-state index contributed by atoms with van der Waals surface area (Å²) in [5, 5.41) is 8.36. The molecule has 4 rings (SSSR count). The number of carbonyl (C=O) groups is 1. The summed E-state index contributed by atoms with van der Waals surface area (Å²) in [6.07, 6.45) is 5.36. The van der Waals surface area contributed by atoms with E-state index in [9.17, 15) is 13.2 Å². The third kappa shape index (κ3) is 6.15. The highest BCUT2D eigenvalue weighted by atomic mass is 32.2. The van der Waals surface area contributed by atoms with Crippen LogP contribution in [0.15, 0.2) is 52.9 Å². The van der Waals surface area contributed by atoms with Crippen LogP contribution in [0.5, 0.6) is 0 Å². The van der Waals surface area contributed by atoms with Crippen LogP contribution in [0.1, 0.15) is 67.8 Å². The molecule has 3 aromatic rings. The van der Waals surface area contributed by atoms with Crippen molar-refractivity contribution in [1.29, 1.82) is 0 Å². The molecule has 0 aliphatic heterocycles. The van der Waals surface area contributed by atoms with Gasteiger partial charge < -0.3 is 10.2 Å². The molecule has 0 radical (unpaired) electrons. The number of hydrogen-bond donors (Lipinski definition) is 2. The fourth-order valence-corrected chi connectivity index (χ4v) is 5.09. The Labute approximate surface area is 206 Å². The molecule has 0 saturated heterocycles. The number of ketones is 1. The SMILES string of the molecule is CCS(=O)(=O)Nc1cc(C(=O)C2CCCCC2)cc(-c2nnc(C(C)(N)Cc3ccccc3)o2)c1. The molecule has 0 bridgehead atoms. The number of benzene rings is 2. The number of anilines is 1. The molecule has 9 heteroatoms. The van der Waals surface area contributed by atoms with Crippen molar-refractivity contribution in [2.75, 3.05) is 10.5 Å². The summed E-state index contributed by atoms with van der Waals surface area (Å²) in [6, 6.07) is 14.7. The van der Waals surface area contributed by atoms with E-state index < -0.39 is 15.6 Å². The highest BCUT2D eigenvalue weighted by molar-refractivity contribution is 7.92. The van der Waals surface area contributed by atoms with Crippen molar-refractivity contribution in [3.05, 3.63) is 65.5 Å². The maximum absolute atomic E-state index is 13.3. The standard InChI is InChI=1S/C26H32N4O4S/c1-3-35(32,33)30-22-15-20(23(31)19-12-8-5-9-13-19)14-21(16-22)24-28-29-25(34-24)26(2,27)17-18-10-6-4-7-11-18/h4,6-7,10-11,14-16,19,30H,3,5,8-9,12-13,17,27H2,1-2H3. The zero-order chi connectivity index (χ0) is 25.1. The predicted octanol–water partition coefficient (Wildman–Crippen LogP) is 4.68. The Morgan fingerprint density at radius 1 is 1.11 bits per heavy atom. The van der Waals surface area contributed by atoms with Crippen molar-refractivity contribution in [3.63, 3.8) is 0 Å². The van der Waals surface area contributed by atoms with Gasteiger partial charge in [-0.05, 0) is 56.9 Å². The van der Waals surface area contributed by atoms with Crippen LogP contribution < -0.4 is 10.5 Å². The summed E-state index contributed by atoms with van der Waals surface area (Å²) >= 11 is 0. The van der Waals surface area contributed by atoms with Crippen molar-refractivity contribution in [2.45, 2.75) is 57.9 Å². The molecule has 186 valence electrons. The van der Waals surface area contributed by atoms with E-state index in [0.717, 1.165) is 37.7 Å². The van der Waals surface area contributed by atoms with Gasteiger partial charge in [-0.25, -0.2) is 8.42 Å². The Kier molecular flexibility index (Phi) is 7.37. The predicted molar refractivity (Wildman–Crippen MR) is 135 cm³/mol. The first-order valence-corrected chi connectivity index (χ1v) is 13.7. The largest absolute Gasteiger partial charge is 0.419 e. The maximum atomic E-state index is 13.3. The summed E-state index contributed by atoms with van der Waals surface area (Å²) in [7, 11) is -3.54. The second-order valence-electron chi connectivity index (χ2n) is 9.50. The number of aromatic nitrogens is 2. The lowest BCUT2D eigenvalue weighted by molar-refractivity contribution is 0.0889. The van der Waals surface area contributed by atoms with Crippen molar-refractivity contribution in [1.82, 2.24) is 10.2 Å². The second-order valence-corrected chi connectivity index (χ2v) is 11.5. The van der Waals surface area contributed by atoms with Crippen LogP contribution in [-0.2, 0) is 22.0 Å². The molecule has 1 aliphatic rings. The van der Waals surface area contributed by atoms with Crippen molar-refractivity contribution < 1.29 is 17.6 Å². The Balaban J connectivity index is 1.68. The van der Waals surface area contributed by atoms with Crippen LogP contribution >= 0.6 is 0 Å². The van der Waals surface area contributed by atoms with Gasteiger partial charge in [0.15, 0.2) is 5.78 Å². The van der Waals surface area contributed by atoms with Gasteiger partial charge in [-0.2, -0.15) is 0 Å². The van der Waals surface area contributed by atoms with E-state index in [1.165, 1.54) is 0 Å². The van der Waals surface area contributed by atoms with Gasteiger partial charge in [0, 0.05) is 22.7 Å². The van der Waals surface area contributed by atoms with Gasteiger partial charge in [0.05, 0.1) is 11.3 Å². The molecule has 3 N–H and O–H groups in total. The summed E-state index contributed by atoms with van der Waals surface area (Å²) in [5.74, 6) is 0.303. The maximum Gasteiger partial charge on any atom is 0.247 e. The minimum absolute atomic E-state index is 0.0102. The number of sulfonamides is 1. The van der Waals surface area contributed by atoms with E-state index in [-0.39, 0.29) is 29.2 Å². The molecule has 1 fully saturated rings. The first kappa shape index (κ1) is 25.1. The molecule has 35 heavy (non-hydrogen) atoms. The second kappa shape index (κ2) is 10.3. The lowest BCUT2D eigenvalue weighted by Crippen LogP contribution is -2.35. The summed E-state index contributed by atoms with van der Waals surface area (Å²) in [4.78, 5) is 13.3. The molecule has 1 unspecified atom stereocenters. The van der Waals surface area contributed by atoms with Gasteiger partial charge in [0.1, 0.15) is 0 Å². The first-order valence-electron chi connectivity index (χ1n) is 12.0. The number of hydrogen-bond acceptors (Lipinski definition) is 7. The molecule has 8 nitrogen and oxygen atoms in total. The average molecular weight is 497 g/mol. The quantitative estimate of drug-likeness (QED) is 0.412. The van der Waals surface area contributed by atoms with Gasteiger partial charge in [0.25, 0.3) is 0 Å². The molecule has 1 aromatic heterocycles. The van der Waals surface area contributed by atoms with E-state index in [2.05, 4.69) is 14.9 Å². The van der Waals surface area contributed by atoms with Crippen LogP contribution in [0.3, 0.4) is 0 Å². The van der Waals surface area contributed by atoms with Crippen LogP contribution in [0, 0.1) is 5.92 Å². The Bertz CT molecular complexity index is 1280. The fraction of sp³-hybridized carbons (Fsp3) is 0.423. The van der Waals surface area contributed by atoms with Crippen molar-refractivity contribution >= 4 is 21.5 Å². The van der Waals surface area contributed by atoms with E-state index in [1.54, 1.807) is 25.1 Å². The molecule has 1 saturated carbocycles. The number of nitrogens with zero attached hydrogens (tertiary/aromatic N) is 2. The zero-order valence-corrected chi connectivity index (χ0v) is 21.0. The van der Waals surface area contributed by atoms with E-state index >= 15 is 0 Å². The Morgan fingerprint density at radius 3 is 2.51 bits per heavy atom. The molecule has 0 spiro atoms. The molecule has 0 amide bonds. The van der Waals surface area contributed by atoms with Gasteiger partial charge in [-0.3, -0.25) is 9.52 Å². The summed E-state index contributed by atoms with van der Waals surface area (Å²) < 4.78 is 33.0. The van der Waals surface area contributed by atoms with Gasteiger partial charge in [0.2, 0.25) is 21.8 Å². The molecular formula is C26H32N4O4S. The summed E-state index contributed by atoms with van der Waals surface area (Å²) in [6.45, 7) is 3.38. The van der Waals surface area contributed by atoms with E-state index in [4.69, 9.17) is 10.2 Å².